The van der Waals surface area contributed by atoms with E-state index in [1.807, 2.05) is 24.3 Å². The van der Waals surface area contributed by atoms with Gasteiger partial charge in [-0.25, -0.2) is 0 Å². The third-order valence-corrected chi connectivity index (χ3v) is 4.03. The Kier molecular flexibility index (Phi) is 6.81. The lowest BCUT2D eigenvalue weighted by Gasteiger charge is -2.08. The maximum Gasteiger partial charge on any atom is 0.252 e. The van der Waals surface area contributed by atoms with Crippen molar-refractivity contribution in [1.29, 1.82) is 0 Å². The molecule has 2 aromatic carbocycles. The SMILES string of the molecule is O=C(CNC(=O)c1ccccc1Br)NCCCc1ccccc1. The molecule has 0 saturated heterocycles. The first-order valence-corrected chi connectivity index (χ1v) is 8.29. The lowest BCUT2D eigenvalue weighted by Crippen LogP contribution is -2.37. The molecule has 5 heteroatoms. The largest absolute Gasteiger partial charge is 0.355 e. The standard InChI is InChI=1S/C18H19BrN2O2/c19-16-11-5-4-10-15(16)18(23)21-13-17(22)20-12-6-9-14-7-2-1-3-8-14/h1-5,7-8,10-11H,6,9,12-13H2,(H,20,22)(H,21,23). The molecular weight excluding hydrogens is 356 g/mol. The Bertz CT molecular complexity index is 659. The summed E-state index contributed by atoms with van der Waals surface area (Å²) in [7, 11) is 0. The highest BCUT2D eigenvalue weighted by atomic mass is 79.9. The Labute approximate surface area is 144 Å². The zero-order chi connectivity index (χ0) is 16.5. The molecule has 0 radical (unpaired) electrons. The van der Waals surface area contributed by atoms with Crippen molar-refractivity contribution in [3.05, 3.63) is 70.2 Å². The van der Waals surface area contributed by atoms with E-state index in [1.54, 1.807) is 18.2 Å². The Balaban J connectivity index is 1.65. The van der Waals surface area contributed by atoms with E-state index in [0.717, 1.165) is 12.8 Å². The maximum absolute atomic E-state index is 12.0. The van der Waals surface area contributed by atoms with E-state index in [2.05, 4.69) is 38.7 Å². The Morgan fingerprint density at radius 2 is 1.61 bits per heavy atom. The van der Waals surface area contributed by atoms with Crippen molar-refractivity contribution in [3.8, 4) is 0 Å². The minimum Gasteiger partial charge on any atom is -0.355 e. The normalized spacial score (nSPS) is 10.1. The summed E-state index contributed by atoms with van der Waals surface area (Å²) in [6.07, 6.45) is 1.79. The molecule has 0 fully saturated rings. The molecule has 23 heavy (non-hydrogen) atoms. The van der Waals surface area contributed by atoms with Crippen molar-refractivity contribution < 1.29 is 9.59 Å². The summed E-state index contributed by atoms with van der Waals surface area (Å²) in [6, 6.07) is 17.2. The molecule has 0 bridgehead atoms. The van der Waals surface area contributed by atoms with Crippen LogP contribution in [-0.4, -0.2) is 24.9 Å². The van der Waals surface area contributed by atoms with E-state index in [0.29, 0.717) is 16.6 Å². The van der Waals surface area contributed by atoms with Gasteiger partial charge in [-0.15, -0.1) is 0 Å². The van der Waals surface area contributed by atoms with Crippen LogP contribution in [0.2, 0.25) is 0 Å². The van der Waals surface area contributed by atoms with Gasteiger partial charge in [0.25, 0.3) is 5.91 Å². The van der Waals surface area contributed by atoms with Gasteiger partial charge in [0.2, 0.25) is 5.91 Å². The quantitative estimate of drug-likeness (QED) is 0.732. The molecule has 0 aliphatic heterocycles. The first-order chi connectivity index (χ1) is 11.2. The van der Waals surface area contributed by atoms with Crippen LogP contribution >= 0.6 is 15.9 Å². The number of hydrogen-bond donors (Lipinski definition) is 2. The van der Waals surface area contributed by atoms with E-state index in [4.69, 9.17) is 0 Å². The molecule has 2 amide bonds. The highest BCUT2D eigenvalue weighted by Crippen LogP contribution is 2.15. The van der Waals surface area contributed by atoms with E-state index in [9.17, 15) is 9.59 Å². The van der Waals surface area contributed by atoms with Crippen molar-refractivity contribution >= 4 is 27.7 Å². The Morgan fingerprint density at radius 3 is 2.35 bits per heavy atom. The van der Waals surface area contributed by atoms with Gasteiger partial charge in [-0.2, -0.15) is 0 Å². The number of rotatable bonds is 7. The van der Waals surface area contributed by atoms with Crippen LogP contribution in [-0.2, 0) is 11.2 Å². The lowest BCUT2D eigenvalue weighted by atomic mass is 10.1. The summed E-state index contributed by atoms with van der Waals surface area (Å²) in [4.78, 5) is 23.7. The molecular formula is C18H19BrN2O2. The summed E-state index contributed by atoms with van der Waals surface area (Å²) in [5.74, 6) is -0.449. The molecule has 0 saturated carbocycles. The second-order valence-electron chi connectivity index (χ2n) is 5.10. The van der Waals surface area contributed by atoms with Crippen LogP contribution < -0.4 is 10.6 Å². The zero-order valence-corrected chi connectivity index (χ0v) is 14.3. The number of aryl methyl sites for hydroxylation is 1. The van der Waals surface area contributed by atoms with Gasteiger partial charge in [0.05, 0.1) is 12.1 Å². The molecule has 0 aliphatic carbocycles. The highest BCUT2D eigenvalue weighted by Gasteiger charge is 2.10. The van der Waals surface area contributed by atoms with Crippen LogP contribution in [0.1, 0.15) is 22.3 Å². The molecule has 0 aliphatic rings. The van der Waals surface area contributed by atoms with Crippen molar-refractivity contribution in [1.82, 2.24) is 10.6 Å². The fourth-order valence-corrected chi connectivity index (χ4v) is 2.59. The number of carbonyl (C=O) groups is 2. The van der Waals surface area contributed by atoms with E-state index in [1.165, 1.54) is 5.56 Å². The smallest absolute Gasteiger partial charge is 0.252 e. The number of amides is 2. The van der Waals surface area contributed by atoms with Gasteiger partial charge in [0.1, 0.15) is 0 Å². The molecule has 0 heterocycles. The number of benzene rings is 2. The summed E-state index contributed by atoms with van der Waals surface area (Å²) < 4.78 is 0.709. The van der Waals surface area contributed by atoms with Gasteiger partial charge in [-0.1, -0.05) is 42.5 Å². The number of carbonyl (C=O) groups excluding carboxylic acids is 2. The molecule has 0 spiro atoms. The number of halogens is 1. The van der Waals surface area contributed by atoms with Crippen LogP contribution in [0, 0.1) is 0 Å². The average Bonchev–Trinajstić information content (AvgIpc) is 2.58. The monoisotopic (exact) mass is 374 g/mol. The fraction of sp³-hybridized carbons (Fsp3) is 0.222. The summed E-state index contributed by atoms with van der Waals surface area (Å²) in [6.45, 7) is 0.574. The van der Waals surface area contributed by atoms with E-state index >= 15 is 0 Å². The summed E-state index contributed by atoms with van der Waals surface area (Å²) in [5, 5.41) is 5.43. The highest BCUT2D eigenvalue weighted by molar-refractivity contribution is 9.10. The predicted molar refractivity (Wildman–Crippen MR) is 94.2 cm³/mol. The molecule has 2 N–H and O–H groups in total. The van der Waals surface area contributed by atoms with E-state index < -0.39 is 0 Å². The fourth-order valence-electron chi connectivity index (χ4n) is 2.13. The maximum atomic E-state index is 12.0. The van der Waals surface area contributed by atoms with Crippen LogP contribution in [0.4, 0.5) is 0 Å². The average molecular weight is 375 g/mol. The topological polar surface area (TPSA) is 58.2 Å². The third-order valence-electron chi connectivity index (χ3n) is 3.34. The van der Waals surface area contributed by atoms with Gasteiger partial charge >= 0.3 is 0 Å². The van der Waals surface area contributed by atoms with Crippen molar-refractivity contribution in [2.75, 3.05) is 13.1 Å². The van der Waals surface area contributed by atoms with Gasteiger partial charge in [0, 0.05) is 11.0 Å². The predicted octanol–water partition coefficient (Wildman–Crippen LogP) is 2.93. The third kappa shape index (κ3) is 5.87. The zero-order valence-electron chi connectivity index (χ0n) is 12.7. The summed E-state index contributed by atoms with van der Waals surface area (Å²) >= 11 is 3.32. The molecule has 0 atom stereocenters. The summed E-state index contributed by atoms with van der Waals surface area (Å²) in [5.41, 5.74) is 1.77. The number of hydrogen-bond acceptors (Lipinski definition) is 2. The van der Waals surface area contributed by atoms with Crippen molar-refractivity contribution in [3.63, 3.8) is 0 Å². The molecule has 120 valence electrons. The minimum absolute atomic E-state index is 0.0223. The van der Waals surface area contributed by atoms with Crippen LogP contribution in [0.25, 0.3) is 0 Å². The van der Waals surface area contributed by atoms with Crippen molar-refractivity contribution in [2.45, 2.75) is 12.8 Å². The number of nitrogens with one attached hydrogen (secondary N) is 2. The Hall–Kier alpha value is -2.14. The Morgan fingerprint density at radius 1 is 0.913 bits per heavy atom. The van der Waals surface area contributed by atoms with Gasteiger partial charge in [0.15, 0.2) is 0 Å². The first kappa shape index (κ1) is 17.2. The molecule has 2 aromatic rings. The second-order valence-corrected chi connectivity index (χ2v) is 5.96. The van der Waals surface area contributed by atoms with Gasteiger partial charge in [-0.05, 0) is 46.5 Å². The molecule has 2 rings (SSSR count). The molecule has 0 unspecified atom stereocenters. The van der Waals surface area contributed by atoms with Crippen LogP contribution in [0.15, 0.2) is 59.1 Å². The lowest BCUT2D eigenvalue weighted by molar-refractivity contribution is -0.120. The van der Waals surface area contributed by atoms with Crippen LogP contribution in [0.3, 0.4) is 0 Å². The van der Waals surface area contributed by atoms with Gasteiger partial charge < -0.3 is 10.6 Å². The van der Waals surface area contributed by atoms with Crippen molar-refractivity contribution in [2.24, 2.45) is 0 Å². The van der Waals surface area contributed by atoms with Gasteiger partial charge in [-0.3, -0.25) is 9.59 Å². The van der Waals surface area contributed by atoms with Crippen LogP contribution in [0.5, 0.6) is 0 Å². The second kappa shape index (κ2) is 9.10. The minimum atomic E-state index is -0.267. The van der Waals surface area contributed by atoms with E-state index in [-0.39, 0.29) is 18.4 Å². The first-order valence-electron chi connectivity index (χ1n) is 7.50. The molecule has 0 aromatic heterocycles. The molecule has 4 nitrogen and oxygen atoms in total.